The molecule has 0 aliphatic rings. The minimum atomic E-state index is 0.300. The van der Waals surface area contributed by atoms with Crippen LogP contribution in [0, 0.1) is 13.8 Å². The number of ether oxygens (including phenoxy) is 1. The number of phenolic OH excluding ortho intramolecular Hbond substituents is 1. The molecule has 0 bridgehead atoms. The van der Waals surface area contributed by atoms with Crippen molar-refractivity contribution in [3.63, 3.8) is 0 Å². The second-order valence-electron chi connectivity index (χ2n) is 4.79. The molecule has 0 saturated carbocycles. The fourth-order valence-electron chi connectivity index (χ4n) is 2.31. The fraction of sp³-hybridized carbons (Fsp3) is 0.600. The van der Waals surface area contributed by atoms with Gasteiger partial charge in [-0.25, -0.2) is 0 Å². The monoisotopic (exact) mass is 251 g/mol. The molecule has 0 spiro atoms. The molecule has 0 saturated heterocycles. The predicted octanol–water partition coefficient (Wildman–Crippen LogP) is 3.12. The van der Waals surface area contributed by atoms with Crippen molar-refractivity contribution in [3.05, 3.63) is 23.3 Å². The van der Waals surface area contributed by atoms with Gasteiger partial charge in [-0.15, -0.1) is 0 Å². The maximum absolute atomic E-state index is 9.50. The van der Waals surface area contributed by atoms with Gasteiger partial charge in [0.25, 0.3) is 0 Å². The molecule has 0 fully saturated rings. The number of phenols is 1. The van der Waals surface area contributed by atoms with Crippen LogP contribution in [0.2, 0.25) is 0 Å². The van der Waals surface area contributed by atoms with Crippen LogP contribution in [0.5, 0.6) is 11.5 Å². The number of likely N-dealkylation sites (N-methyl/N-ethyl adjacent to an activating group) is 1. The predicted molar refractivity (Wildman–Crippen MR) is 75.5 cm³/mol. The van der Waals surface area contributed by atoms with Crippen molar-refractivity contribution in [2.75, 3.05) is 19.7 Å². The van der Waals surface area contributed by atoms with E-state index in [1.54, 1.807) is 12.1 Å². The highest BCUT2D eigenvalue weighted by molar-refractivity contribution is 5.45. The molecule has 1 atom stereocenters. The maximum Gasteiger partial charge on any atom is 0.125 e. The van der Waals surface area contributed by atoms with Crippen molar-refractivity contribution in [1.82, 2.24) is 4.90 Å². The quantitative estimate of drug-likeness (QED) is 0.843. The van der Waals surface area contributed by atoms with Gasteiger partial charge in [0.1, 0.15) is 18.1 Å². The molecule has 0 heterocycles. The topological polar surface area (TPSA) is 32.7 Å². The number of aromatic hydroxyl groups is 1. The molecular weight excluding hydrogens is 226 g/mol. The van der Waals surface area contributed by atoms with Crippen LogP contribution in [0.3, 0.4) is 0 Å². The number of rotatable bonds is 6. The maximum atomic E-state index is 9.50. The van der Waals surface area contributed by atoms with Crippen molar-refractivity contribution in [2.24, 2.45) is 0 Å². The van der Waals surface area contributed by atoms with Gasteiger partial charge >= 0.3 is 0 Å². The second-order valence-corrected chi connectivity index (χ2v) is 4.79. The lowest BCUT2D eigenvalue weighted by atomic mass is 10.1. The molecule has 0 aromatic heterocycles. The van der Waals surface area contributed by atoms with Crippen LogP contribution in [-0.4, -0.2) is 35.7 Å². The van der Waals surface area contributed by atoms with Crippen molar-refractivity contribution in [2.45, 2.75) is 40.7 Å². The van der Waals surface area contributed by atoms with E-state index in [0.29, 0.717) is 18.4 Å². The Morgan fingerprint density at radius 2 is 1.67 bits per heavy atom. The van der Waals surface area contributed by atoms with Crippen LogP contribution in [0.4, 0.5) is 0 Å². The number of aryl methyl sites for hydroxylation is 2. The molecule has 3 heteroatoms. The van der Waals surface area contributed by atoms with E-state index in [-0.39, 0.29) is 0 Å². The normalized spacial score (nSPS) is 12.8. The fourth-order valence-corrected chi connectivity index (χ4v) is 2.31. The molecule has 1 rings (SSSR count). The first-order valence-electron chi connectivity index (χ1n) is 6.66. The molecule has 0 unspecified atom stereocenters. The Morgan fingerprint density at radius 1 is 1.17 bits per heavy atom. The SMILES string of the molecule is CCN(CC)[C@@H](C)COc1c(C)cc(O)cc1C. The summed E-state index contributed by atoms with van der Waals surface area (Å²) in [6.07, 6.45) is 0. The Labute approximate surface area is 110 Å². The molecule has 0 aliphatic carbocycles. The van der Waals surface area contributed by atoms with E-state index in [0.717, 1.165) is 30.0 Å². The lowest BCUT2D eigenvalue weighted by Crippen LogP contribution is -2.37. The number of benzene rings is 1. The van der Waals surface area contributed by atoms with Crippen LogP contribution in [-0.2, 0) is 0 Å². The summed E-state index contributed by atoms with van der Waals surface area (Å²) < 4.78 is 5.92. The summed E-state index contributed by atoms with van der Waals surface area (Å²) in [4.78, 5) is 2.37. The zero-order valence-corrected chi connectivity index (χ0v) is 12.2. The second kappa shape index (κ2) is 6.64. The highest BCUT2D eigenvalue weighted by Gasteiger charge is 2.12. The van der Waals surface area contributed by atoms with E-state index < -0.39 is 0 Å². The number of nitrogens with zero attached hydrogens (tertiary/aromatic N) is 1. The molecular formula is C15H25NO2. The van der Waals surface area contributed by atoms with Crippen LogP contribution in [0.25, 0.3) is 0 Å². The standard InChI is InChI=1S/C15H25NO2/c1-6-16(7-2)13(5)10-18-15-11(3)8-14(17)9-12(15)4/h8-9,13,17H,6-7,10H2,1-5H3/t13-/m0/s1. The van der Waals surface area contributed by atoms with E-state index in [1.807, 2.05) is 13.8 Å². The summed E-state index contributed by atoms with van der Waals surface area (Å²) in [6.45, 7) is 13.2. The summed E-state index contributed by atoms with van der Waals surface area (Å²) in [6, 6.07) is 3.88. The van der Waals surface area contributed by atoms with E-state index in [4.69, 9.17) is 4.74 Å². The van der Waals surface area contributed by atoms with Crippen molar-refractivity contribution in [1.29, 1.82) is 0 Å². The Bertz CT molecular complexity index is 363. The lowest BCUT2D eigenvalue weighted by molar-refractivity contribution is 0.157. The van der Waals surface area contributed by atoms with Gasteiger partial charge in [-0.2, -0.15) is 0 Å². The Morgan fingerprint density at radius 3 is 2.11 bits per heavy atom. The Hall–Kier alpha value is -1.22. The third kappa shape index (κ3) is 3.64. The van der Waals surface area contributed by atoms with Gasteiger partial charge in [0, 0.05) is 6.04 Å². The lowest BCUT2D eigenvalue weighted by Gasteiger charge is -2.26. The van der Waals surface area contributed by atoms with Crippen LogP contribution < -0.4 is 4.74 Å². The molecule has 0 radical (unpaired) electrons. The zero-order chi connectivity index (χ0) is 13.7. The van der Waals surface area contributed by atoms with Crippen LogP contribution in [0.15, 0.2) is 12.1 Å². The first-order chi connectivity index (χ1) is 8.49. The largest absolute Gasteiger partial charge is 0.508 e. The van der Waals surface area contributed by atoms with Crippen LogP contribution in [0.1, 0.15) is 31.9 Å². The average Bonchev–Trinajstić information content (AvgIpc) is 2.29. The molecule has 1 aromatic carbocycles. The first-order valence-corrected chi connectivity index (χ1v) is 6.66. The molecule has 3 nitrogen and oxygen atoms in total. The van der Waals surface area contributed by atoms with E-state index in [9.17, 15) is 5.11 Å². The Kier molecular flexibility index (Phi) is 5.48. The molecule has 18 heavy (non-hydrogen) atoms. The molecule has 102 valence electrons. The third-order valence-corrected chi connectivity index (χ3v) is 3.35. The number of hydrogen-bond acceptors (Lipinski definition) is 3. The first kappa shape index (κ1) is 14.8. The van der Waals surface area contributed by atoms with Gasteiger partial charge < -0.3 is 9.84 Å². The molecule has 0 amide bonds. The molecule has 1 aromatic rings. The summed E-state index contributed by atoms with van der Waals surface area (Å²) in [5.74, 6) is 1.20. The smallest absolute Gasteiger partial charge is 0.125 e. The van der Waals surface area contributed by atoms with Crippen molar-refractivity contribution >= 4 is 0 Å². The minimum Gasteiger partial charge on any atom is -0.508 e. The van der Waals surface area contributed by atoms with E-state index >= 15 is 0 Å². The third-order valence-electron chi connectivity index (χ3n) is 3.35. The summed E-state index contributed by atoms with van der Waals surface area (Å²) in [5, 5.41) is 9.50. The van der Waals surface area contributed by atoms with Gasteiger partial charge in [-0.1, -0.05) is 13.8 Å². The molecule has 0 aliphatic heterocycles. The number of hydrogen-bond donors (Lipinski definition) is 1. The highest BCUT2D eigenvalue weighted by atomic mass is 16.5. The van der Waals surface area contributed by atoms with Gasteiger partial charge in [0.15, 0.2) is 0 Å². The van der Waals surface area contributed by atoms with E-state index in [1.165, 1.54) is 0 Å². The zero-order valence-electron chi connectivity index (χ0n) is 12.2. The van der Waals surface area contributed by atoms with E-state index in [2.05, 4.69) is 25.7 Å². The van der Waals surface area contributed by atoms with Crippen molar-refractivity contribution < 1.29 is 9.84 Å². The summed E-state index contributed by atoms with van der Waals surface area (Å²) in [5.41, 5.74) is 1.97. The van der Waals surface area contributed by atoms with Gasteiger partial charge in [-0.05, 0) is 57.1 Å². The Balaban J connectivity index is 2.69. The van der Waals surface area contributed by atoms with Gasteiger partial charge in [0.2, 0.25) is 0 Å². The van der Waals surface area contributed by atoms with Gasteiger partial charge in [0.05, 0.1) is 0 Å². The minimum absolute atomic E-state index is 0.300. The average molecular weight is 251 g/mol. The van der Waals surface area contributed by atoms with Gasteiger partial charge in [-0.3, -0.25) is 4.90 Å². The summed E-state index contributed by atoms with van der Waals surface area (Å²) in [7, 11) is 0. The van der Waals surface area contributed by atoms with Crippen molar-refractivity contribution in [3.8, 4) is 11.5 Å². The summed E-state index contributed by atoms with van der Waals surface area (Å²) >= 11 is 0. The van der Waals surface area contributed by atoms with Crippen LogP contribution >= 0.6 is 0 Å². The highest BCUT2D eigenvalue weighted by Crippen LogP contribution is 2.27. The molecule has 1 N–H and O–H groups in total.